The van der Waals surface area contributed by atoms with Crippen LogP contribution in [-0.2, 0) is 9.53 Å². The van der Waals surface area contributed by atoms with Gasteiger partial charge < -0.3 is 10.1 Å². The van der Waals surface area contributed by atoms with Gasteiger partial charge in [-0.15, -0.1) is 11.3 Å². The van der Waals surface area contributed by atoms with Crippen LogP contribution in [0.15, 0.2) is 24.3 Å². The lowest BCUT2D eigenvalue weighted by Gasteiger charge is -2.02. The lowest BCUT2D eigenvalue weighted by molar-refractivity contribution is -0.105. The molecule has 0 bridgehead atoms. The fourth-order valence-electron chi connectivity index (χ4n) is 1.59. The molecular formula is C12H11NO3S. The van der Waals surface area contributed by atoms with Gasteiger partial charge in [-0.2, -0.15) is 0 Å². The number of carbonyl (C=O) groups is 2. The summed E-state index contributed by atoms with van der Waals surface area (Å²) in [6.07, 6.45) is 0.567. The molecule has 1 N–H and O–H groups in total. The average Bonchev–Trinajstić information content (AvgIpc) is 2.70. The average molecular weight is 249 g/mol. The van der Waals surface area contributed by atoms with Crippen molar-refractivity contribution in [3.05, 3.63) is 29.1 Å². The minimum absolute atomic E-state index is 0.313. The summed E-state index contributed by atoms with van der Waals surface area (Å²) in [6.45, 7) is 2.06. The zero-order chi connectivity index (χ0) is 12.3. The highest BCUT2D eigenvalue weighted by Gasteiger charge is 2.18. The normalized spacial score (nSPS) is 10.2. The topological polar surface area (TPSA) is 55.4 Å². The summed E-state index contributed by atoms with van der Waals surface area (Å²) < 4.78 is 5.90. The number of thiophene rings is 1. The van der Waals surface area contributed by atoms with Crippen LogP contribution >= 0.6 is 11.3 Å². The van der Waals surface area contributed by atoms with Gasteiger partial charge in [0.1, 0.15) is 4.88 Å². The summed E-state index contributed by atoms with van der Waals surface area (Å²) in [5.41, 5.74) is 0.527. The summed E-state index contributed by atoms with van der Waals surface area (Å²) >= 11 is 1.32. The Bertz CT molecular complexity index is 562. The first-order chi connectivity index (χ1) is 8.27. The number of hydrogen-bond donors (Lipinski definition) is 1. The van der Waals surface area contributed by atoms with Crippen molar-refractivity contribution < 1.29 is 14.3 Å². The first-order valence-corrected chi connectivity index (χ1v) is 5.98. The van der Waals surface area contributed by atoms with E-state index in [0.717, 1.165) is 10.1 Å². The minimum atomic E-state index is -0.405. The number of hydrogen-bond acceptors (Lipinski definition) is 4. The Morgan fingerprint density at radius 2 is 2.24 bits per heavy atom. The Hall–Kier alpha value is -1.88. The number of anilines is 1. The molecule has 0 fully saturated rings. The predicted octanol–water partition coefficient (Wildman–Crippen LogP) is 2.65. The maximum absolute atomic E-state index is 11.7. The van der Waals surface area contributed by atoms with Gasteiger partial charge in [-0.1, -0.05) is 18.2 Å². The van der Waals surface area contributed by atoms with Crippen LogP contribution in [0.1, 0.15) is 16.6 Å². The van der Waals surface area contributed by atoms with Crippen LogP contribution in [0.2, 0.25) is 0 Å². The molecule has 2 rings (SSSR count). The zero-order valence-corrected chi connectivity index (χ0v) is 10.0. The number of esters is 1. The SMILES string of the molecule is CCOC(=O)c1sc2ccccc2c1NC=O. The van der Waals surface area contributed by atoms with Gasteiger partial charge in [-0.25, -0.2) is 4.79 Å². The summed E-state index contributed by atoms with van der Waals surface area (Å²) in [4.78, 5) is 22.8. The van der Waals surface area contributed by atoms with E-state index in [0.29, 0.717) is 23.6 Å². The van der Waals surface area contributed by atoms with Gasteiger partial charge in [0.15, 0.2) is 0 Å². The number of ether oxygens (including phenoxy) is 1. The smallest absolute Gasteiger partial charge is 0.350 e. The largest absolute Gasteiger partial charge is 0.462 e. The molecule has 0 radical (unpaired) electrons. The zero-order valence-electron chi connectivity index (χ0n) is 9.23. The van der Waals surface area contributed by atoms with Crippen molar-refractivity contribution in [3.8, 4) is 0 Å². The number of rotatable bonds is 4. The Morgan fingerprint density at radius 3 is 2.94 bits per heavy atom. The molecule has 0 saturated heterocycles. The van der Waals surface area contributed by atoms with Crippen molar-refractivity contribution in [1.29, 1.82) is 0 Å². The molecule has 88 valence electrons. The van der Waals surface area contributed by atoms with Gasteiger partial charge in [0.25, 0.3) is 0 Å². The summed E-state index contributed by atoms with van der Waals surface area (Å²) in [5, 5.41) is 3.42. The molecular weight excluding hydrogens is 238 g/mol. The van der Waals surface area contributed by atoms with E-state index in [1.807, 2.05) is 24.3 Å². The monoisotopic (exact) mass is 249 g/mol. The van der Waals surface area contributed by atoms with Gasteiger partial charge in [0.05, 0.1) is 12.3 Å². The summed E-state index contributed by atoms with van der Waals surface area (Å²) in [7, 11) is 0. The molecule has 5 heteroatoms. The summed E-state index contributed by atoms with van der Waals surface area (Å²) in [5.74, 6) is -0.405. The van der Waals surface area contributed by atoms with Gasteiger partial charge in [-0.05, 0) is 13.0 Å². The van der Waals surface area contributed by atoms with E-state index in [-0.39, 0.29) is 0 Å². The van der Waals surface area contributed by atoms with Crippen LogP contribution in [0.25, 0.3) is 10.1 Å². The highest BCUT2D eigenvalue weighted by atomic mass is 32.1. The molecule has 0 spiro atoms. The van der Waals surface area contributed by atoms with Crippen molar-refractivity contribution in [2.75, 3.05) is 11.9 Å². The Morgan fingerprint density at radius 1 is 1.47 bits per heavy atom. The Labute approximate surface area is 102 Å². The second-order valence-electron chi connectivity index (χ2n) is 3.29. The number of amides is 1. The van der Waals surface area contributed by atoms with Gasteiger partial charge in [0, 0.05) is 10.1 Å². The van der Waals surface area contributed by atoms with Crippen molar-refractivity contribution >= 4 is 39.5 Å². The van der Waals surface area contributed by atoms with Crippen molar-refractivity contribution in [2.24, 2.45) is 0 Å². The maximum atomic E-state index is 11.7. The van der Waals surface area contributed by atoms with E-state index in [2.05, 4.69) is 5.32 Å². The Kier molecular flexibility index (Phi) is 3.39. The molecule has 0 aliphatic carbocycles. The quantitative estimate of drug-likeness (QED) is 0.669. The fourth-order valence-corrected chi connectivity index (χ4v) is 2.65. The first kappa shape index (κ1) is 11.6. The minimum Gasteiger partial charge on any atom is -0.462 e. The van der Waals surface area contributed by atoms with Crippen LogP contribution in [0.4, 0.5) is 5.69 Å². The third-order valence-electron chi connectivity index (χ3n) is 2.26. The lowest BCUT2D eigenvalue weighted by Crippen LogP contribution is -2.06. The summed E-state index contributed by atoms with van der Waals surface area (Å²) in [6, 6.07) is 7.51. The molecule has 0 atom stereocenters. The molecule has 1 heterocycles. The predicted molar refractivity (Wildman–Crippen MR) is 67.5 cm³/mol. The Balaban J connectivity index is 2.56. The number of fused-ring (bicyclic) bond motifs is 1. The van der Waals surface area contributed by atoms with Crippen molar-refractivity contribution in [2.45, 2.75) is 6.92 Å². The van der Waals surface area contributed by atoms with Gasteiger partial charge >= 0.3 is 5.97 Å². The van der Waals surface area contributed by atoms with Crippen LogP contribution < -0.4 is 5.32 Å². The van der Waals surface area contributed by atoms with Crippen LogP contribution in [0.3, 0.4) is 0 Å². The van der Waals surface area contributed by atoms with Crippen LogP contribution in [-0.4, -0.2) is 19.0 Å². The molecule has 17 heavy (non-hydrogen) atoms. The number of carbonyl (C=O) groups excluding carboxylic acids is 2. The van der Waals surface area contributed by atoms with E-state index >= 15 is 0 Å². The first-order valence-electron chi connectivity index (χ1n) is 5.16. The molecule has 2 aromatic rings. The second-order valence-corrected chi connectivity index (χ2v) is 4.34. The molecule has 0 saturated carbocycles. The molecule has 0 aliphatic rings. The number of nitrogens with one attached hydrogen (secondary N) is 1. The second kappa shape index (κ2) is 4.97. The molecule has 0 unspecified atom stereocenters. The van der Waals surface area contributed by atoms with E-state index < -0.39 is 5.97 Å². The standard InChI is InChI=1S/C12H11NO3S/c1-2-16-12(15)11-10(13-7-14)8-5-3-4-6-9(8)17-11/h3-7H,2H2,1H3,(H,13,14). The molecule has 1 aromatic heterocycles. The highest BCUT2D eigenvalue weighted by molar-refractivity contribution is 7.21. The van der Waals surface area contributed by atoms with Gasteiger partial charge in [0.2, 0.25) is 6.41 Å². The van der Waals surface area contributed by atoms with Crippen LogP contribution in [0, 0.1) is 0 Å². The van der Waals surface area contributed by atoms with E-state index in [9.17, 15) is 9.59 Å². The van der Waals surface area contributed by atoms with E-state index in [1.165, 1.54) is 11.3 Å². The molecule has 1 amide bonds. The van der Waals surface area contributed by atoms with E-state index in [1.54, 1.807) is 6.92 Å². The maximum Gasteiger partial charge on any atom is 0.350 e. The lowest BCUT2D eigenvalue weighted by atomic mass is 10.2. The number of benzene rings is 1. The van der Waals surface area contributed by atoms with Gasteiger partial charge in [-0.3, -0.25) is 4.79 Å². The third-order valence-corrected chi connectivity index (χ3v) is 3.41. The molecule has 1 aromatic carbocycles. The highest BCUT2D eigenvalue weighted by Crippen LogP contribution is 2.35. The van der Waals surface area contributed by atoms with Crippen molar-refractivity contribution in [1.82, 2.24) is 0 Å². The molecule has 0 aliphatic heterocycles. The van der Waals surface area contributed by atoms with Crippen LogP contribution in [0.5, 0.6) is 0 Å². The third kappa shape index (κ3) is 2.14. The van der Waals surface area contributed by atoms with Crippen molar-refractivity contribution in [3.63, 3.8) is 0 Å². The fraction of sp³-hybridized carbons (Fsp3) is 0.167. The van der Waals surface area contributed by atoms with E-state index in [4.69, 9.17) is 4.74 Å². The molecule has 4 nitrogen and oxygen atoms in total.